The van der Waals surface area contributed by atoms with E-state index in [9.17, 15) is 4.79 Å². The van der Waals surface area contributed by atoms with Crippen LogP contribution in [0.5, 0.6) is 5.75 Å². The third-order valence-electron chi connectivity index (χ3n) is 5.24. The van der Waals surface area contributed by atoms with Gasteiger partial charge in [0.25, 0.3) is 0 Å². The molecule has 1 aromatic carbocycles. The second-order valence-electron chi connectivity index (χ2n) is 6.72. The van der Waals surface area contributed by atoms with Crippen molar-refractivity contribution in [2.24, 2.45) is 11.7 Å². The largest absolute Gasteiger partial charge is 0.493 e. The maximum atomic E-state index is 11.9. The fraction of sp³-hybridized carbons (Fsp3) is 0.526. The van der Waals surface area contributed by atoms with Crippen molar-refractivity contribution in [2.45, 2.75) is 52.5 Å². The van der Waals surface area contributed by atoms with Gasteiger partial charge in [-0.1, -0.05) is 12.8 Å². The quantitative estimate of drug-likeness (QED) is 0.847. The monoisotopic (exact) mass is 351 g/mol. The first-order valence-corrected chi connectivity index (χ1v) is 8.41. The molecule has 2 N–H and O–H groups in total. The minimum absolute atomic E-state index is 0. The third-order valence-corrected chi connectivity index (χ3v) is 5.24. The average Bonchev–Trinajstić information content (AvgIpc) is 2.54. The Bertz CT molecular complexity index is 784. The van der Waals surface area contributed by atoms with Crippen LogP contribution in [0.3, 0.4) is 0 Å². The number of ether oxygens (including phenoxy) is 1. The van der Waals surface area contributed by atoms with Crippen molar-refractivity contribution in [3.05, 3.63) is 39.2 Å². The molecule has 0 radical (unpaired) electrons. The number of rotatable bonds is 3. The lowest BCUT2D eigenvalue weighted by atomic mass is 9.86. The second kappa shape index (κ2) is 7.58. The summed E-state index contributed by atoms with van der Waals surface area (Å²) in [6.07, 6.45) is 4.65. The Hall–Kier alpha value is -1.52. The van der Waals surface area contributed by atoms with E-state index in [0.29, 0.717) is 23.7 Å². The fourth-order valence-electron chi connectivity index (χ4n) is 3.42. The van der Waals surface area contributed by atoms with Gasteiger partial charge < -0.3 is 14.9 Å². The predicted molar refractivity (Wildman–Crippen MR) is 99.4 cm³/mol. The van der Waals surface area contributed by atoms with E-state index in [0.717, 1.165) is 35.1 Å². The summed E-state index contributed by atoms with van der Waals surface area (Å²) < 4.78 is 11.5. The molecule has 1 aromatic heterocycles. The summed E-state index contributed by atoms with van der Waals surface area (Å²) in [5.74, 6) is 1.19. The summed E-state index contributed by atoms with van der Waals surface area (Å²) >= 11 is 0. The fourth-order valence-corrected chi connectivity index (χ4v) is 3.42. The molecule has 1 aliphatic rings. The SMILES string of the molecule is Cc1c(C)c2ccc(OC[C@@H]3CCCC[C@H]3N)c(C)c2oc1=O.Cl. The molecule has 2 aromatic rings. The molecule has 1 saturated carbocycles. The molecule has 1 aliphatic carbocycles. The van der Waals surface area contributed by atoms with Gasteiger partial charge in [0, 0.05) is 28.5 Å². The van der Waals surface area contributed by atoms with Gasteiger partial charge in [0.15, 0.2) is 0 Å². The lowest BCUT2D eigenvalue weighted by molar-refractivity contribution is 0.187. The van der Waals surface area contributed by atoms with E-state index >= 15 is 0 Å². The van der Waals surface area contributed by atoms with Crippen molar-refractivity contribution < 1.29 is 9.15 Å². The molecule has 24 heavy (non-hydrogen) atoms. The number of halogens is 1. The maximum absolute atomic E-state index is 11.9. The molecular formula is C19H26ClNO3. The summed E-state index contributed by atoms with van der Waals surface area (Å²) in [4.78, 5) is 11.9. The second-order valence-corrected chi connectivity index (χ2v) is 6.72. The zero-order valence-corrected chi connectivity index (χ0v) is 15.4. The van der Waals surface area contributed by atoms with Crippen molar-refractivity contribution in [2.75, 3.05) is 6.61 Å². The van der Waals surface area contributed by atoms with Crippen LogP contribution in [0.15, 0.2) is 21.3 Å². The summed E-state index contributed by atoms with van der Waals surface area (Å²) in [5, 5.41) is 0.973. The molecule has 0 spiro atoms. The molecule has 4 nitrogen and oxygen atoms in total. The van der Waals surface area contributed by atoms with E-state index in [1.165, 1.54) is 12.8 Å². The highest BCUT2D eigenvalue weighted by molar-refractivity contribution is 5.85. The van der Waals surface area contributed by atoms with Crippen LogP contribution >= 0.6 is 12.4 Å². The third kappa shape index (κ3) is 3.45. The van der Waals surface area contributed by atoms with Crippen LogP contribution in [0.2, 0.25) is 0 Å². The van der Waals surface area contributed by atoms with E-state index in [2.05, 4.69) is 0 Å². The Kier molecular flexibility index (Phi) is 5.94. The first-order chi connectivity index (χ1) is 11.0. The van der Waals surface area contributed by atoms with Crippen molar-refractivity contribution >= 4 is 23.4 Å². The molecule has 132 valence electrons. The zero-order chi connectivity index (χ0) is 16.6. The molecule has 0 bridgehead atoms. The standard InChI is InChI=1S/C19H25NO3.ClH/c1-11-12(2)19(21)23-18-13(3)17(9-8-15(11)18)22-10-14-6-4-5-7-16(14)20;/h8-9,14,16H,4-7,10,20H2,1-3H3;1H/t14-,16+;/m0./s1. The van der Waals surface area contributed by atoms with Crippen LogP contribution in [-0.4, -0.2) is 12.6 Å². The maximum Gasteiger partial charge on any atom is 0.339 e. The van der Waals surface area contributed by atoms with Crippen LogP contribution in [0.4, 0.5) is 0 Å². The Balaban J connectivity index is 0.00000208. The number of fused-ring (bicyclic) bond motifs is 1. The first-order valence-electron chi connectivity index (χ1n) is 8.41. The van der Waals surface area contributed by atoms with Crippen molar-refractivity contribution in [1.82, 2.24) is 0 Å². The minimum Gasteiger partial charge on any atom is -0.493 e. The molecule has 1 heterocycles. The minimum atomic E-state index is -0.274. The van der Waals surface area contributed by atoms with Gasteiger partial charge in [-0.2, -0.15) is 0 Å². The zero-order valence-electron chi connectivity index (χ0n) is 14.6. The molecule has 0 amide bonds. The number of nitrogens with two attached hydrogens (primary N) is 1. The van der Waals surface area contributed by atoms with Crippen LogP contribution in [0.25, 0.3) is 11.0 Å². The van der Waals surface area contributed by atoms with Gasteiger partial charge in [-0.3, -0.25) is 0 Å². The molecule has 5 heteroatoms. The Labute approximate surface area is 148 Å². The summed E-state index contributed by atoms with van der Waals surface area (Å²) in [6.45, 7) is 6.32. The van der Waals surface area contributed by atoms with Gasteiger partial charge in [-0.25, -0.2) is 4.79 Å². The highest BCUT2D eigenvalue weighted by atomic mass is 35.5. The molecule has 0 saturated heterocycles. The normalized spacial score (nSPS) is 20.7. The lowest BCUT2D eigenvalue weighted by Gasteiger charge is -2.28. The Morgan fingerprint density at radius 1 is 1.12 bits per heavy atom. The Morgan fingerprint density at radius 2 is 1.83 bits per heavy atom. The van der Waals surface area contributed by atoms with Gasteiger partial charge >= 0.3 is 5.63 Å². The first kappa shape index (κ1) is 18.8. The molecule has 0 aliphatic heterocycles. The lowest BCUT2D eigenvalue weighted by Crippen LogP contribution is -2.36. The molecule has 3 rings (SSSR count). The van der Waals surface area contributed by atoms with Gasteiger partial charge in [0.2, 0.25) is 0 Å². The van der Waals surface area contributed by atoms with Crippen molar-refractivity contribution in [3.8, 4) is 5.75 Å². The van der Waals surface area contributed by atoms with Crippen molar-refractivity contribution in [1.29, 1.82) is 0 Å². The number of aryl methyl sites for hydroxylation is 2. The van der Waals surface area contributed by atoms with Crippen LogP contribution < -0.4 is 16.1 Å². The Morgan fingerprint density at radius 3 is 2.54 bits per heavy atom. The van der Waals surface area contributed by atoms with Crippen molar-refractivity contribution in [3.63, 3.8) is 0 Å². The van der Waals surface area contributed by atoms with Crippen LogP contribution in [-0.2, 0) is 0 Å². The van der Waals surface area contributed by atoms with Gasteiger partial charge in [-0.15, -0.1) is 12.4 Å². The van der Waals surface area contributed by atoms with Gasteiger partial charge in [0.1, 0.15) is 11.3 Å². The van der Waals surface area contributed by atoms with Gasteiger partial charge in [0.05, 0.1) is 6.61 Å². The van der Waals surface area contributed by atoms with Crippen LogP contribution in [0, 0.1) is 26.7 Å². The number of hydrogen-bond acceptors (Lipinski definition) is 4. The van der Waals surface area contributed by atoms with Gasteiger partial charge in [-0.05, 0) is 51.3 Å². The van der Waals surface area contributed by atoms with E-state index in [4.69, 9.17) is 14.9 Å². The smallest absolute Gasteiger partial charge is 0.339 e. The van der Waals surface area contributed by atoms with Crippen LogP contribution in [0.1, 0.15) is 42.4 Å². The molecular weight excluding hydrogens is 326 g/mol. The highest BCUT2D eigenvalue weighted by Crippen LogP contribution is 2.30. The topological polar surface area (TPSA) is 65.5 Å². The predicted octanol–water partition coefficient (Wildman–Crippen LogP) is 4.04. The molecule has 2 atom stereocenters. The molecule has 1 fully saturated rings. The van der Waals surface area contributed by atoms with E-state index in [1.54, 1.807) is 6.92 Å². The molecule has 0 unspecified atom stereocenters. The summed E-state index contributed by atoms with van der Waals surface area (Å²) in [5.41, 5.74) is 9.06. The van der Waals surface area contributed by atoms with E-state index in [-0.39, 0.29) is 24.1 Å². The highest BCUT2D eigenvalue weighted by Gasteiger charge is 2.23. The van der Waals surface area contributed by atoms with E-state index < -0.39 is 0 Å². The summed E-state index contributed by atoms with van der Waals surface area (Å²) in [7, 11) is 0. The number of benzene rings is 1. The summed E-state index contributed by atoms with van der Waals surface area (Å²) in [6, 6.07) is 4.18. The average molecular weight is 352 g/mol. The number of hydrogen-bond donors (Lipinski definition) is 1. The van der Waals surface area contributed by atoms with E-state index in [1.807, 2.05) is 26.0 Å².